The van der Waals surface area contributed by atoms with Crippen molar-refractivity contribution < 1.29 is 9.53 Å². The van der Waals surface area contributed by atoms with Gasteiger partial charge in [-0.05, 0) is 43.7 Å². The normalized spacial score (nSPS) is 20.6. The van der Waals surface area contributed by atoms with Crippen LogP contribution in [0.1, 0.15) is 43.8 Å². The molecule has 1 saturated heterocycles. The first-order valence-corrected chi connectivity index (χ1v) is 9.76. The summed E-state index contributed by atoms with van der Waals surface area (Å²) in [6.45, 7) is 2.75. The topological polar surface area (TPSA) is 47.4 Å². The van der Waals surface area contributed by atoms with E-state index in [1.807, 2.05) is 41.4 Å². The lowest BCUT2D eigenvalue weighted by atomic mass is 9.85. The zero-order valence-electron chi connectivity index (χ0n) is 15.2. The Morgan fingerprint density at radius 3 is 2.77 bits per heavy atom. The molecule has 1 aromatic heterocycles. The van der Waals surface area contributed by atoms with Crippen molar-refractivity contribution in [3.05, 3.63) is 48.5 Å². The molecule has 26 heavy (non-hydrogen) atoms. The predicted molar refractivity (Wildman–Crippen MR) is 100 cm³/mol. The predicted octanol–water partition coefficient (Wildman–Crippen LogP) is 3.47. The summed E-state index contributed by atoms with van der Waals surface area (Å²) in [6.07, 6.45) is 10.2. The fraction of sp³-hybridized carbons (Fsp3) is 0.524. The van der Waals surface area contributed by atoms with E-state index in [-0.39, 0.29) is 12.5 Å². The lowest BCUT2D eigenvalue weighted by Crippen LogP contribution is -2.42. The number of carbonyl (C=O) groups is 1. The van der Waals surface area contributed by atoms with Gasteiger partial charge in [-0.2, -0.15) is 0 Å². The molecule has 5 nitrogen and oxygen atoms in total. The van der Waals surface area contributed by atoms with E-state index in [0.717, 1.165) is 50.0 Å². The molecule has 2 aliphatic rings. The van der Waals surface area contributed by atoms with Gasteiger partial charge in [0, 0.05) is 37.9 Å². The second-order valence-electron chi connectivity index (χ2n) is 7.52. The number of rotatable bonds is 6. The van der Waals surface area contributed by atoms with Crippen LogP contribution in [0.25, 0.3) is 0 Å². The molecule has 0 N–H and O–H groups in total. The minimum absolute atomic E-state index is 0.0654. The molecule has 1 aliphatic carbocycles. The molecule has 1 aliphatic heterocycles. The van der Waals surface area contributed by atoms with Gasteiger partial charge >= 0.3 is 0 Å². The average Bonchev–Trinajstić information content (AvgIpc) is 3.12. The highest BCUT2D eigenvalue weighted by Gasteiger charge is 2.28. The van der Waals surface area contributed by atoms with Crippen LogP contribution >= 0.6 is 0 Å². The van der Waals surface area contributed by atoms with Crippen LogP contribution in [0.2, 0.25) is 0 Å². The number of imidazole rings is 1. The molecule has 5 heteroatoms. The average molecular weight is 353 g/mol. The van der Waals surface area contributed by atoms with Crippen LogP contribution in [0.4, 0.5) is 0 Å². The van der Waals surface area contributed by atoms with Gasteiger partial charge in [0.05, 0.1) is 0 Å². The summed E-state index contributed by atoms with van der Waals surface area (Å²) in [5, 5.41) is 0. The van der Waals surface area contributed by atoms with E-state index in [0.29, 0.717) is 5.92 Å². The zero-order chi connectivity index (χ0) is 17.8. The van der Waals surface area contributed by atoms with E-state index in [1.54, 1.807) is 0 Å². The maximum atomic E-state index is 12.6. The molecule has 1 saturated carbocycles. The summed E-state index contributed by atoms with van der Waals surface area (Å²) >= 11 is 0. The number of nitrogens with zero attached hydrogens (tertiary/aromatic N) is 3. The third-order valence-electron chi connectivity index (χ3n) is 5.67. The largest absolute Gasteiger partial charge is 0.484 e. The number of aromatic nitrogens is 2. The van der Waals surface area contributed by atoms with Gasteiger partial charge in [-0.25, -0.2) is 4.98 Å². The Morgan fingerprint density at radius 1 is 1.15 bits per heavy atom. The number of carbonyl (C=O) groups excluding carboxylic acids is 1. The number of para-hydroxylation sites is 1. The molecular formula is C21H27N3O2. The zero-order valence-corrected chi connectivity index (χ0v) is 15.2. The Hall–Kier alpha value is -2.30. The Kier molecular flexibility index (Phi) is 5.23. The van der Waals surface area contributed by atoms with Gasteiger partial charge in [-0.3, -0.25) is 4.79 Å². The van der Waals surface area contributed by atoms with Crippen LogP contribution in [-0.2, 0) is 11.3 Å². The number of ether oxygens (including phenoxy) is 1. The minimum atomic E-state index is 0.0654. The molecule has 2 fully saturated rings. The van der Waals surface area contributed by atoms with Crippen molar-refractivity contribution >= 4 is 5.91 Å². The molecule has 1 atom stereocenters. The quantitative estimate of drug-likeness (QED) is 0.799. The maximum absolute atomic E-state index is 12.6. The number of hydrogen-bond donors (Lipinski definition) is 0. The number of likely N-dealkylation sites (tertiary alicyclic amines) is 1. The van der Waals surface area contributed by atoms with Gasteiger partial charge in [0.2, 0.25) is 0 Å². The highest BCUT2D eigenvalue weighted by Crippen LogP contribution is 2.31. The van der Waals surface area contributed by atoms with Crippen molar-refractivity contribution in [3.63, 3.8) is 0 Å². The van der Waals surface area contributed by atoms with Crippen LogP contribution in [0.5, 0.6) is 5.75 Å². The highest BCUT2D eigenvalue weighted by molar-refractivity contribution is 5.78. The Morgan fingerprint density at radius 2 is 2.00 bits per heavy atom. The Balaban J connectivity index is 1.35. The van der Waals surface area contributed by atoms with Crippen molar-refractivity contribution in [3.8, 4) is 5.75 Å². The maximum Gasteiger partial charge on any atom is 0.260 e. The summed E-state index contributed by atoms with van der Waals surface area (Å²) in [6, 6.07) is 9.53. The molecule has 2 aromatic rings. The first-order valence-electron chi connectivity index (χ1n) is 9.76. The van der Waals surface area contributed by atoms with E-state index >= 15 is 0 Å². The summed E-state index contributed by atoms with van der Waals surface area (Å²) in [7, 11) is 0. The lowest BCUT2D eigenvalue weighted by Gasteiger charge is -2.33. The van der Waals surface area contributed by atoms with Gasteiger partial charge in [0.15, 0.2) is 6.61 Å². The Labute approximate surface area is 155 Å². The number of hydrogen-bond acceptors (Lipinski definition) is 3. The Bertz CT molecular complexity index is 724. The van der Waals surface area contributed by atoms with E-state index in [4.69, 9.17) is 4.74 Å². The van der Waals surface area contributed by atoms with Crippen LogP contribution in [0, 0.1) is 5.92 Å². The van der Waals surface area contributed by atoms with Crippen molar-refractivity contribution in [1.29, 1.82) is 0 Å². The monoisotopic (exact) mass is 353 g/mol. The number of piperidine rings is 1. The second-order valence-corrected chi connectivity index (χ2v) is 7.52. The standard InChI is InChI=1S/C21H27N3O2/c25-20(16-26-19-9-2-1-3-10-19)23-12-5-8-18(15-23)21-22-11-13-24(21)14-17-6-4-7-17/h1-3,9-11,13,17-18H,4-8,12,14-16H2/t18-/m1/s1. The van der Waals surface area contributed by atoms with Gasteiger partial charge in [-0.1, -0.05) is 24.6 Å². The van der Waals surface area contributed by atoms with Gasteiger partial charge in [0.25, 0.3) is 5.91 Å². The van der Waals surface area contributed by atoms with E-state index in [1.165, 1.54) is 19.3 Å². The van der Waals surface area contributed by atoms with Crippen LogP contribution in [0.15, 0.2) is 42.7 Å². The number of amides is 1. The molecule has 2 heterocycles. The summed E-state index contributed by atoms with van der Waals surface area (Å²) in [4.78, 5) is 19.2. The van der Waals surface area contributed by atoms with Crippen LogP contribution in [-0.4, -0.2) is 40.1 Å². The summed E-state index contributed by atoms with van der Waals surface area (Å²) in [5.41, 5.74) is 0. The third-order valence-corrected chi connectivity index (χ3v) is 5.67. The van der Waals surface area contributed by atoms with Crippen LogP contribution < -0.4 is 4.74 Å². The van der Waals surface area contributed by atoms with Gasteiger partial charge < -0.3 is 14.2 Å². The van der Waals surface area contributed by atoms with Crippen molar-refractivity contribution in [2.24, 2.45) is 5.92 Å². The molecule has 4 rings (SSSR count). The summed E-state index contributed by atoms with van der Waals surface area (Å²) < 4.78 is 7.96. The van der Waals surface area contributed by atoms with Gasteiger partial charge in [-0.15, -0.1) is 0 Å². The van der Waals surface area contributed by atoms with E-state index in [9.17, 15) is 4.79 Å². The molecule has 0 bridgehead atoms. The molecule has 138 valence electrons. The molecule has 0 spiro atoms. The van der Waals surface area contributed by atoms with E-state index < -0.39 is 0 Å². The molecule has 0 radical (unpaired) electrons. The smallest absolute Gasteiger partial charge is 0.260 e. The van der Waals surface area contributed by atoms with Gasteiger partial charge in [0.1, 0.15) is 11.6 Å². The fourth-order valence-electron chi connectivity index (χ4n) is 3.96. The SMILES string of the molecule is O=C(COc1ccccc1)N1CCC[C@@H](c2nccn2CC2CCC2)C1. The van der Waals surface area contributed by atoms with Crippen molar-refractivity contribution in [1.82, 2.24) is 14.5 Å². The number of benzene rings is 1. The van der Waals surface area contributed by atoms with E-state index in [2.05, 4.69) is 15.7 Å². The van der Waals surface area contributed by atoms with Crippen LogP contribution in [0.3, 0.4) is 0 Å². The highest BCUT2D eigenvalue weighted by atomic mass is 16.5. The first-order chi connectivity index (χ1) is 12.8. The molecular weight excluding hydrogens is 326 g/mol. The second kappa shape index (κ2) is 7.94. The third kappa shape index (κ3) is 3.92. The summed E-state index contributed by atoms with van der Waals surface area (Å²) in [5.74, 6) is 3.10. The van der Waals surface area contributed by atoms with Crippen molar-refractivity contribution in [2.45, 2.75) is 44.6 Å². The first kappa shape index (κ1) is 17.1. The molecule has 1 amide bonds. The minimum Gasteiger partial charge on any atom is -0.484 e. The lowest BCUT2D eigenvalue weighted by molar-refractivity contribution is -0.134. The molecule has 0 unspecified atom stereocenters. The van der Waals surface area contributed by atoms with Crippen molar-refractivity contribution in [2.75, 3.05) is 19.7 Å². The molecule has 1 aromatic carbocycles. The fourth-order valence-corrected chi connectivity index (χ4v) is 3.96.